The van der Waals surface area contributed by atoms with E-state index in [-0.39, 0.29) is 12.1 Å². The van der Waals surface area contributed by atoms with Crippen molar-refractivity contribution in [3.05, 3.63) is 49.3 Å². The molecule has 1 aromatic carbocycles. The largest absolute Gasteiger partial charge is 0.301 e. The quantitative estimate of drug-likeness (QED) is 0.745. The summed E-state index contributed by atoms with van der Waals surface area (Å²) in [5.41, 5.74) is 0.930. The standard InChI is InChI=1S/C13H13Cl3N2S/c1-7(18-8(2)13-17-5-6-19-13)9-3-4-10(14)12(16)11(9)15/h3-8,18H,1-2H3. The second kappa shape index (κ2) is 6.42. The number of halogens is 3. The first-order valence-electron chi connectivity index (χ1n) is 5.79. The monoisotopic (exact) mass is 334 g/mol. The van der Waals surface area contributed by atoms with E-state index >= 15 is 0 Å². The van der Waals surface area contributed by atoms with Crippen LogP contribution in [0.2, 0.25) is 15.1 Å². The van der Waals surface area contributed by atoms with Crippen molar-refractivity contribution in [3.63, 3.8) is 0 Å². The Morgan fingerprint density at radius 1 is 1.11 bits per heavy atom. The van der Waals surface area contributed by atoms with Gasteiger partial charge in [-0.3, -0.25) is 0 Å². The zero-order valence-corrected chi connectivity index (χ0v) is 13.5. The molecule has 1 heterocycles. The van der Waals surface area contributed by atoms with Gasteiger partial charge >= 0.3 is 0 Å². The Morgan fingerprint density at radius 2 is 1.84 bits per heavy atom. The van der Waals surface area contributed by atoms with Gasteiger partial charge in [0.2, 0.25) is 0 Å². The van der Waals surface area contributed by atoms with E-state index in [1.807, 2.05) is 18.4 Å². The number of aromatic nitrogens is 1. The number of benzene rings is 1. The number of nitrogens with one attached hydrogen (secondary N) is 1. The molecule has 102 valence electrons. The summed E-state index contributed by atoms with van der Waals surface area (Å²) in [5.74, 6) is 0. The van der Waals surface area contributed by atoms with Gasteiger partial charge in [-0.05, 0) is 25.5 Å². The molecule has 2 rings (SSSR count). The third-order valence-electron chi connectivity index (χ3n) is 2.85. The molecule has 6 heteroatoms. The highest BCUT2D eigenvalue weighted by atomic mass is 35.5. The van der Waals surface area contributed by atoms with E-state index in [1.54, 1.807) is 23.6 Å². The van der Waals surface area contributed by atoms with Crippen LogP contribution in [0.4, 0.5) is 0 Å². The Labute approximate surface area is 131 Å². The summed E-state index contributed by atoms with van der Waals surface area (Å²) >= 11 is 19.9. The van der Waals surface area contributed by atoms with E-state index in [4.69, 9.17) is 34.8 Å². The minimum absolute atomic E-state index is 0.0566. The fourth-order valence-electron chi connectivity index (χ4n) is 1.86. The van der Waals surface area contributed by atoms with Gasteiger partial charge < -0.3 is 5.32 Å². The van der Waals surface area contributed by atoms with Crippen LogP contribution >= 0.6 is 46.1 Å². The molecule has 0 amide bonds. The predicted molar refractivity (Wildman–Crippen MR) is 83.6 cm³/mol. The van der Waals surface area contributed by atoms with E-state index in [0.29, 0.717) is 15.1 Å². The number of hydrogen-bond donors (Lipinski definition) is 1. The third-order valence-corrected chi connectivity index (χ3v) is 5.12. The van der Waals surface area contributed by atoms with Gasteiger partial charge in [0.25, 0.3) is 0 Å². The lowest BCUT2D eigenvalue weighted by Gasteiger charge is -2.20. The number of rotatable bonds is 4. The topological polar surface area (TPSA) is 24.9 Å². The molecule has 19 heavy (non-hydrogen) atoms. The average Bonchev–Trinajstić information content (AvgIpc) is 2.89. The highest BCUT2D eigenvalue weighted by molar-refractivity contribution is 7.09. The molecule has 0 fully saturated rings. The zero-order valence-electron chi connectivity index (χ0n) is 10.5. The van der Waals surface area contributed by atoms with Crippen molar-refractivity contribution in [1.82, 2.24) is 10.3 Å². The van der Waals surface area contributed by atoms with Crippen LogP contribution in [-0.2, 0) is 0 Å². The summed E-state index contributed by atoms with van der Waals surface area (Å²) in [7, 11) is 0. The molecular weight excluding hydrogens is 323 g/mol. The van der Waals surface area contributed by atoms with Crippen molar-refractivity contribution in [2.75, 3.05) is 0 Å². The molecule has 1 aromatic heterocycles. The van der Waals surface area contributed by atoms with Gasteiger partial charge in [0.15, 0.2) is 0 Å². The number of nitrogens with zero attached hydrogens (tertiary/aromatic N) is 1. The molecule has 2 atom stereocenters. The van der Waals surface area contributed by atoms with Gasteiger partial charge in [-0.2, -0.15) is 0 Å². The molecule has 2 nitrogen and oxygen atoms in total. The third kappa shape index (κ3) is 3.41. The summed E-state index contributed by atoms with van der Waals surface area (Å²) in [6.07, 6.45) is 1.80. The molecule has 2 unspecified atom stereocenters. The molecule has 0 aliphatic carbocycles. The lowest BCUT2D eigenvalue weighted by atomic mass is 10.1. The summed E-state index contributed by atoms with van der Waals surface area (Å²) in [4.78, 5) is 4.29. The van der Waals surface area contributed by atoms with E-state index in [0.717, 1.165) is 10.6 Å². The molecule has 0 saturated carbocycles. The summed E-state index contributed by atoms with van der Waals surface area (Å²) < 4.78 is 0. The molecule has 0 radical (unpaired) electrons. The molecule has 0 aliphatic heterocycles. The average molecular weight is 336 g/mol. The molecule has 0 bridgehead atoms. The molecule has 0 saturated heterocycles. The highest BCUT2D eigenvalue weighted by Crippen LogP contribution is 2.36. The van der Waals surface area contributed by atoms with Gasteiger partial charge in [-0.1, -0.05) is 40.9 Å². The maximum absolute atomic E-state index is 6.23. The van der Waals surface area contributed by atoms with Gasteiger partial charge in [-0.25, -0.2) is 4.98 Å². The van der Waals surface area contributed by atoms with Crippen LogP contribution in [0.15, 0.2) is 23.7 Å². The fraction of sp³-hybridized carbons (Fsp3) is 0.308. The normalized spacial score (nSPS) is 14.4. The van der Waals surface area contributed by atoms with Crippen LogP contribution in [0.5, 0.6) is 0 Å². The Bertz CT molecular complexity index is 557. The Hall–Kier alpha value is -0.320. The number of thiazole rings is 1. The van der Waals surface area contributed by atoms with Crippen LogP contribution in [0.3, 0.4) is 0 Å². The van der Waals surface area contributed by atoms with Crippen molar-refractivity contribution in [3.8, 4) is 0 Å². The van der Waals surface area contributed by atoms with E-state index in [9.17, 15) is 0 Å². The van der Waals surface area contributed by atoms with Gasteiger partial charge in [-0.15, -0.1) is 11.3 Å². The minimum Gasteiger partial charge on any atom is -0.301 e. The summed E-state index contributed by atoms with van der Waals surface area (Å²) in [6.45, 7) is 4.11. The first-order chi connectivity index (χ1) is 9.00. The van der Waals surface area contributed by atoms with Crippen LogP contribution in [0, 0.1) is 0 Å². The molecular formula is C13H13Cl3N2S. The molecule has 2 aromatic rings. The first kappa shape index (κ1) is 15.1. The van der Waals surface area contributed by atoms with E-state index in [1.165, 1.54) is 0 Å². The van der Waals surface area contributed by atoms with Crippen LogP contribution < -0.4 is 5.32 Å². The van der Waals surface area contributed by atoms with Crippen molar-refractivity contribution in [2.45, 2.75) is 25.9 Å². The van der Waals surface area contributed by atoms with Crippen molar-refractivity contribution in [1.29, 1.82) is 0 Å². The molecule has 1 N–H and O–H groups in total. The molecule has 0 aliphatic rings. The summed E-state index contributed by atoms with van der Waals surface area (Å²) in [6, 6.07) is 3.86. The zero-order chi connectivity index (χ0) is 14.0. The van der Waals surface area contributed by atoms with E-state index in [2.05, 4.69) is 17.2 Å². The lowest BCUT2D eigenvalue weighted by Crippen LogP contribution is -2.22. The van der Waals surface area contributed by atoms with Crippen LogP contribution in [0.25, 0.3) is 0 Å². The fourth-order valence-corrected chi connectivity index (χ4v) is 3.22. The van der Waals surface area contributed by atoms with Gasteiger partial charge in [0.05, 0.1) is 21.1 Å². The maximum Gasteiger partial charge on any atom is 0.109 e. The number of hydrogen-bond acceptors (Lipinski definition) is 3. The van der Waals surface area contributed by atoms with Crippen LogP contribution in [-0.4, -0.2) is 4.98 Å². The first-order valence-corrected chi connectivity index (χ1v) is 7.81. The van der Waals surface area contributed by atoms with Crippen LogP contribution in [0.1, 0.15) is 36.5 Å². The highest BCUT2D eigenvalue weighted by Gasteiger charge is 2.17. The SMILES string of the molecule is CC(NC(C)c1ccc(Cl)c(Cl)c1Cl)c1nccs1. The second-order valence-corrected chi connectivity index (χ2v) is 6.33. The smallest absolute Gasteiger partial charge is 0.109 e. The Balaban J connectivity index is 2.16. The Morgan fingerprint density at radius 3 is 2.47 bits per heavy atom. The molecule has 0 spiro atoms. The van der Waals surface area contributed by atoms with Crippen molar-refractivity contribution >= 4 is 46.1 Å². The summed E-state index contributed by atoms with van der Waals surface area (Å²) in [5, 5.41) is 7.82. The lowest BCUT2D eigenvalue weighted by molar-refractivity contribution is 0.493. The van der Waals surface area contributed by atoms with Gasteiger partial charge in [0.1, 0.15) is 5.01 Å². The van der Waals surface area contributed by atoms with Crippen molar-refractivity contribution in [2.24, 2.45) is 0 Å². The second-order valence-electron chi connectivity index (χ2n) is 4.24. The Kier molecular flexibility index (Phi) is 5.09. The van der Waals surface area contributed by atoms with Crippen molar-refractivity contribution < 1.29 is 0 Å². The predicted octanol–water partition coefficient (Wildman–Crippen LogP) is 5.52. The van der Waals surface area contributed by atoms with Gasteiger partial charge in [0, 0.05) is 17.6 Å². The maximum atomic E-state index is 6.23. The van der Waals surface area contributed by atoms with E-state index < -0.39 is 0 Å². The minimum atomic E-state index is 0.0566.